The zero-order valence-corrected chi connectivity index (χ0v) is 19.9. The topological polar surface area (TPSA) is 96.0 Å². The van der Waals surface area contributed by atoms with E-state index in [1.54, 1.807) is 6.20 Å². The Balaban J connectivity index is 1.36. The number of pyridine rings is 2. The number of morpholine rings is 1. The lowest BCUT2D eigenvalue weighted by molar-refractivity contribution is 0.0934. The molecule has 1 atom stereocenters. The number of aryl methyl sites for hydroxylation is 1. The van der Waals surface area contributed by atoms with Gasteiger partial charge < -0.3 is 19.9 Å². The zero-order valence-electron chi connectivity index (χ0n) is 19.9. The van der Waals surface area contributed by atoms with Gasteiger partial charge in [0.25, 0.3) is 5.91 Å². The van der Waals surface area contributed by atoms with Crippen LogP contribution in [-0.2, 0) is 4.74 Å². The van der Waals surface area contributed by atoms with E-state index in [1.165, 1.54) is 0 Å². The Morgan fingerprint density at radius 2 is 1.89 bits per heavy atom. The number of nitrogens with zero attached hydrogens (tertiary/aromatic N) is 4. The standard InChI is InChI=1S/C27H28N6O2/c1-18(20-6-4-3-5-7-20)31-27(34)25-19(2)30-26(32-25)24-15-21(8-9-29-24)22-14-23(17-28-16-22)33-10-12-35-13-11-33/h3-9,14-18H,10-13H2,1-2H3,(H,30,32)(H,31,34). The molecule has 35 heavy (non-hydrogen) atoms. The van der Waals surface area contributed by atoms with E-state index in [9.17, 15) is 4.79 Å². The summed E-state index contributed by atoms with van der Waals surface area (Å²) in [5.74, 6) is 0.332. The summed E-state index contributed by atoms with van der Waals surface area (Å²) in [6.45, 7) is 6.96. The lowest BCUT2D eigenvalue weighted by Crippen LogP contribution is -2.36. The fraction of sp³-hybridized carbons (Fsp3) is 0.259. The summed E-state index contributed by atoms with van der Waals surface area (Å²) in [5.41, 5.74) is 5.82. The van der Waals surface area contributed by atoms with Crippen LogP contribution >= 0.6 is 0 Å². The molecule has 1 aliphatic heterocycles. The van der Waals surface area contributed by atoms with E-state index >= 15 is 0 Å². The fourth-order valence-electron chi connectivity index (χ4n) is 4.21. The first-order valence-electron chi connectivity index (χ1n) is 11.8. The number of hydrogen-bond acceptors (Lipinski definition) is 6. The maximum atomic E-state index is 12.9. The quantitative estimate of drug-likeness (QED) is 0.441. The van der Waals surface area contributed by atoms with Crippen molar-refractivity contribution in [2.24, 2.45) is 0 Å². The van der Waals surface area contributed by atoms with Crippen LogP contribution in [0.15, 0.2) is 67.1 Å². The highest BCUT2D eigenvalue weighted by Gasteiger charge is 2.19. The van der Waals surface area contributed by atoms with Gasteiger partial charge in [0.1, 0.15) is 11.4 Å². The van der Waals surface area contributed by atoms with E-state index in [2.05, 4.69) is 36.2 Å². The Bertz CT molecular complexity index is 1310. The number of ether oxygens (including phenoxy) is 1. The van der Waals surface area contributed by atoms with Crippen molar-refractivity contribution in [1.82, 2.24) is 25.3 Å². The molecule has 1 aliphatic rings. The summed E-state index contributed by atoms with van der Waals surface area (Å²) in [5, 5.41) is 3.03. The SMILES string of the molecule is Cc1[nH]c(-c2cc(-c3cncc(N4CCOCC4)c3)ccn2)nc1C(=O)NC(C)c1ccccc1. The van der Waals surface area contributed by atoms with Crippen LogP contribution in [0.2, 0.25) is 0 Å². The van der Waals surface area contributed by atoms with Crippen molar-refractivity contribution >= 4 is 11.6 Å². The molecule has 1 unspecified atom stereocenters. The minimum Gasteiger partial charge on any atom is -0.378 e. The van der Waals surface area contributed by atoms with Crippen LogP contribution in [0.25, 0.3) is 22.6 Å². The minimum absolute atomic E-state index is 0.129. The number of H-pyrrole nitrogens is 1. The van der Waals surface area contributed by atoms with E-state index in [-0.39, 0.29) is 11.9 Å². The van der Waals surface area contributed by atoms with Gasteiger partial charge >= 0.3 is 0 Å². The lowest BCUT2D eigenvalue weighted by Gasteiger charge is -2.28. The molecule has 4 aromatic rings. The maximum absolute atomic E-state index is 12.9. The molecule has 1 amide bonds. The average Bonchev–Trinajstić information content (AvgIpc) is 3.31. The molecule has 1 aromatic carbocycles. The molecule has 0 saturated carbocycles. The Hall–Kier alpha value is -4.04. The van der Waals surface area contributed by atoms with Gasteiger partial charge in [0.15, 0.2) is 5.82 Å². The van der Waals surface area contributed by atoms with Gasteiger partial charge in [-0.3, -0.25) is 14.8 Å². The van der Waals surface area contributed by atoms with E-state index in [4.69, 9.17) is 4.74 Å². The number of hydrogen-bond donors (Lipinski definition) is 2. The van der Waals surface area contributed by atoms with Gasteiger partial charge in [0.2, 0.25) is 0 Å². The van der Waals surface area contributed by atoms with Gasteiger partial charge in [-0.05, 0) is 43.2 Å². The molecule has 1 fully saturated rings. The summed E-state index contributed by atoms with van der Waals surface area (Å²) >= 11 is 0. The highest BCUT2D eigenvalue weighted by molar-refractivity contribution is 5.94. The van der Waals surface area contributed by atoms with Crippen LogP contribution < -0.4 is 10.2 Å². The van der Waals surface area contributed by atoms with Gasteiger partial charge in [-0.1, -0.05) is 30.3 Å². The second-order valence-corrected chi connectivity index (χ2v) is 8.63. The van der Waals surface area contributed by atoms with Gasteiger partial charge in [-0.15, -0.1) is 0 Å². The zero-order chi connectivity index (χ0) is 24.2. The molecular formula is C27H28N6O2. The third-order valence-corrected chi connectivity index (χ3v) is 6.18. The van der Waals surface area contributed by atoms with Crippen molar-refractivity contribution in [2.45, 2.75) is 19.9 Å². The summed E-state index contributed by atoms with van der Waals surface area (Å²) in [6, 6.07) is 15.8. The van der Waals surface area contributed by atoms with Gasteiger partial charge in [-0.2, -0.15) is 0 Å². The molecule has 0 aliphatic carbocycles. The predicted octanol–water partition coefficient (Wildman–Crippen LogP) is 4.17. The van der Waals surface area contributed by atoms with Crippen molar-refractivity contribution in [1.29, 1.82) is 0 Å². The molecule has 3 aromatic heterocycles. The molecule has 178 valence electrons. The highest BCUT2D eigenvalue weighted by atomic mass is 16.5. The molecule has 8 nitrogen and oxygen atoms in total. The van der Waals surface area contributed by atoms with Crippen LogP contribution in [0.5, 0.6) is 0 Å². The van der Waals surface area contributed by atoms with Crippen LogP contribution in [0.1, 0.15) is 34.7 Å². The normalized spacial score (nSPS) is 14.5. The van der Waals surface area contributed by atoms with Crippen molar-refractivity contribution < 1.29 is 9.53 Å². The first kappa shape index (κ1) is 22.7. The number of aromatic nitrogens is 4. The molecule has 0 radical (unpaired) electrons. The summed E-state index contributed by atoms with van der Waals surface area (Å²) in [6.07, 6.45) is 5.48. The number of imidazole rings is 1. The van der Waals surface area contributed by atoms with Crippen molar-refractivity contribution in [3.8, 4) is 22.6 Å². The molecule has 0 spiro atoms. The van der Waals surface area contributed by atoms with Gasteiger partial charge in [-0.25, -0.2) is 4.98 Å². The van der Waals surface area contributed by atoms with Gasteiger partial charge in [0, 0.05) is 36.7 Å². The Labute approximate surface area is 204 Å². The number of amides is 1. The molecular weight excluding hydrogens is 440 g/mol. The Morgan fingerprint density at radius 3 is 2.69 bits per heavy atom. The molecule has 8 heteroatoms. The van der Waals surface area contributed by atoms with E-state index in [0.717, 1.165) is 48.7 Å². The van der Waals surface area contributed by atoms with Gasteiger partial charge in [0.05, 0.1) is 31.1 Å². The average molecular weight is 469 g/mol. The summed E-state index contributed by atoms with van der Waals surface area (Å²) < 4.78 is 5.46. The molecule has 0 bridgehead atoms. The third kappa shape index (κ3) is 5.07. The van der Waals surface area contributed by atoms with Crippen LogP contribution in [-0.4, -0.2) is 52.1 Å². The van der Waals surface area contributed by atoms with Crippen molar-refractivity contribution in [2.75, 3.05) is 31.2 Å². The lowest BCUT2D eigenvalue weighted by atomic mass is 10.1. The number of benzene rings is 1. The number of aromatic amines is 1. The second-order valence-electron chi connectivity index (χ2n) is 8.63. The maximum Gasteiger partial charge on any atom is 0.272 e. The second kappa shape index (κ2) is 10.1. The summed E-state index contributed by atoms with van der Waals surface area (Å²) in [4.78, 5) is 32.0. The summed E-state index contributed by atoms with van der Waals surface area (Å²) in [7, 11) is 0. The first-order valence-corrected chi connectivity index (χ1v) is 11.8. The largest absolute Gasteiger partial charge is 0.378 e. The van der Waals surface area contributed by atoms with E-state index in [1.807, 2.05) is 68.7 Å². The molecule has 1 saturated heterocycles. The Morgan fingerprint density at radius 1 is 1.09 bits per heavy atom. The number of anilines is 1. The molecule has 2 N–H and O–H groups in total. The highest BCUT2D eigenvalue weighted by Crippen LogP contribution is 2.27. The Kier molecular flexibility index (Phi) is 6.54. The van der Waals surface area contributed by atoms with Crippen molar-refractivity contribution in [3.05, 3.63) is 84.1 Å². The predicted molar refractivity (Wildman–Crippen MR) is 135 cm³/mol. The third-order valence-electron chi connectivity index (χ3n) is 6.18. The van der Waals surface area contributed by atoms with Crippen molar-refractivity contribution in [3.63, 3.8) is 0 Å². The number of rotatable bonds is 6. The van der Waals surface area contributed by atoms with Crippen LogP contribution in [0.4, 0.5) is 5.69 Å². The minimum atomic E-state index is -0.222. The molecule has 4 heterocycles. The van der Waals surface area contributed by atoms with Crippen LogP contribution in [0, 0.1) is 6.92 Å². The van der Waals surface area contributed by atoms with Crippen LogP contribution in [0.3, 0.4) is 0 Å². The smallest absolute Gasteiger partial charge is 0.272 e. The monoisotopic (exact) mass is 468 g/mol. The molecule has 5 rings (SSSR count). The first-order chi connectivity index (χ1) is 17.1. The van der Waals surface area contributed by atoms with E-state index in [0.29, 0.717) is 22.9 Å². The number of carbonyl (C=O) groups excluding carboxylic acids is 1. The number of carbonyl (C=O) groups is 1. The van der Waals surface area contributed by atoms with E-state index < -0.39 is 0 Å². The fourth-order valence-corrected chi connectivity index (χ4v) is 4.21. The number of nitrogens with one attached hydrogen (secondary N) is 2.